The van der Waals surface area contributed by atoms with Gasteiger partial charge < -0.3 is 25.7 Å². The van der Waals surface area contributed by atoms with Crippen LogP contribution >= 0.6 is 0 Å². The number of rotatable bonds is 5. The highest BCUT2D eigenvalue weighted by molar-refractivity contribution is 5.96. The summed E-state index contributed by atoms with van der Waals surface area (Å²) in [5, 5.41) is 5.48. The van der Waals surface area contributed by atoms with Crippen molar-refractivity contribution in [3.63, 3.8) is 0 Å². The smallest absolute Gasteiger partial charge is 0.241 e. The number of aromatic nitrogens is 3. The Kier molecular flexibility index (Phi) is 5.10. The molecule has 0 spiro atoms. The number of hydrogen-bond donors (Lipinski definition) is 3. The Labute approximate surface area is 185 Å². The molecular formula is C24H24N6O2. The molecule has 0 atom stereocenters. The molecule has 162 valence electrons. The highest BCUT2D eigenvalue weighted by atomic mass is 16.5. The van der Waals surface area contributed by atoms with Gasteiger partial charge in [-0.25, -0.2) is 9.97 Å². The van der Waals surface area contributed by atoms with Crippen LogP contribution in [0.3, 0.4) is 0 Å². The zero-order valence-corrected chi connectivity index (χ0v) is 17.8. The third-order valence-electron chi connectivity index (χ3n) is 5.84. The number of nitrogens with two attached hydrogens (primary N) is 1. The number of benzene rings is 2. The van der Waals surface area contributed by atoms with Gasteiger partial charge in [-0.2, -0.15) is 0 Å². The second-order valence-corrected chi connectivity index (χ2v) is 7.86. The van der Waals surface area contributed by atoms with E-state index >= 15 is 0 Å². The number of ether oxygens (including phenoxy) is 1. The molecule has 8 nitrogen and oxygen atoms in total. The number of carbonyl (C=O) groups is 1. The van der Waals surface area contributed by atoms with Gasteiger partial charge in [0.05, 0.1) is 18.3 Å². The van der Waals surface area contributed by atoms with Gasteiger partial charge in [-0.1, -0.05) is 5.57 Å². The lowest BCUT2D eigenvalue weighted by atomic mass is 10.0. The molecule has 1 fully saturated rings. The predicted octanol–water partition coefficient (Wildman–Crippen LogP) is 3.88. The predicted molar refractivity (Wildman–Crippen MR) is 126 cm³/mol. The summed E-state index contributed by atoms with van der Waals surface area (Å²) in [4.78, 5) is 25.6. The van der Waals surface area contributed by atoms with E-state index in [0.717, 1.165) is 76.3 Å². The van der Waals surface area contributed by atoms with Gasteiger partial charge >= 0.3 is 0 Å². The maximum atomic E-state index is 11.2. The average molecular weight is 428 g/mol. The maximum absolute atomic E-state index is 11.2. The van der Waals surface area contributed by atoms with E-state index in [1.54, 1.807) is 19.5 Å². The third-order valence-corrected chi connectivity index (χ3v) is 5.84. The monoisotopic (exact) mass is 428 g/mol. The zero-order chi connectivity index (χ0) is 22.1. The minimum atomic E-state index is -0.387. The van der Waals surface area contributed by atoms with E-state index in [1.807, 2.05) is 30.5 Å². The van der Waals surface area contributed by atoms with Crippen LogP contribution in [0.1, 0.15) is 12.8 Å². The fourth-order valence-corrected chi connectivity index (χ4v) is 4.23. The number of nitrogens with one attached hydrogen (secondary N) is 2. The van der Waals surface area contributed by atoms with Crippen molar-refractivity contribution in [2.45, 2.75) is 12.8 Å². The first-order valence-corrected chi connectivity index (χ1v) is 10.5. The fraction of sp³-hybridized carbons (Fsp3) is 0.208. The van der Waals surface area contributed by atoms with Crippen molar-refractivity contribution in [3.8, 4) is 5.75 Å². The molecule has 2 aromatic heterocycles. The lowest BCUT2D eigenvalue weighted by Crippen LogP contribution is -2.31. The molecule has 1 aliphatic heterocycles. The SMILES string of the molecule is COc1cc2ncnc(Nc3ccc4[nH]ccc4c3)c2cc1N1CCC(=CC(N)=O)CC1. The van der Waals surface area contributed by atoms with Crippen LogP contribution in [0.25, 0.3) is 21.8 Å². The van der Waals surface area contributed by atoms with Crippen LogP contribution in [0.2, 0.25) is 0 Å². The summed E-state index contributed by atoms with van der Waals surface area (Å²) in [6.45, 7) is 1.56. The number of amides is 1. The van der Waals surface area contributed by atoms with Gasteiger partial charge in [-0.3, -0.25) is 4.79 Å². The van der Waals surface area contributed by atoms with E-state index in [4.69, 9.17) is 10.5 Å². The minimum Gasteiger partial charge on any atom is -0.495 e. The molecule has 0 aliphatic carbocycles. The fourth-order valence-electron chi connectivity index (χ4n) is 4.23. The van der Waals surface area contributed by atoms with Crippen molar-refractivity contribution < 1.29 is 9.53 Å². The highest BCUT2D eigenvalue weighted by Crippen LogP contribution is 2.37. The van der Waals surface area contributed by atoms with Crippen LogP contribution in [-0.2, 0) is 4.79 Å². The van der Waals surface area contributed by atoms with Gasteiger partial charge in [0, 0.05) is 53.4 Å². The third kappa shape index (κ3) is 3.82. The Bertz CT molecular complexity index is 1330. The molecule has 1 aliphatic rings. The highest BCUT2D eigenvalue weighted by Gasteiger charge is 2.20. The summed E-state index contributed by atoms with van der Waals surface area (Å²) in [6, 6.07) is 12.2. The number of methoxy groups -OCH3 is 1. The lowest BCUT2D eigenvalue weighted by Gasteiger charge is -2.31. The van der Waals surface area contributed by atoms with Gasteiger partial charge in [0.15, 0.2) is 0 Å². The Morgan fingerprint density at radius 3 is 2.81 bits per heavy atom. The Morgan fingerprint density at radius 2 is 2.03 bits per heavy atom. The molecule has 0 saturated carbocycles. The molecule has 1 amide bonds. The van der Waals surface area contributed by atoms with Crippen molar-refractivity contribution in [2.24, 2.45) is 5.73 Å². The molecule has 8 heteroatoms. The van der Waals surface area contributed by atoms with Crippen molar-refractivity contribution in [3.05, 3.63) is 60.6 Å². The van der Waals surface area contributed by atoms with Crippen LogP contribution in [0.4, 0.5) is 17.2 Å². The molecule has 32 heavy (non-hydrogen) atoms. The number of primary amides is 1. The van der Waals surface area contributed by atoms with E-state index in [9.17, 15) is 4.79 Å². The second-order valence-electron chi connectivity index (χ2n) is 7.86. The summed E-state index contributed by atoms with van der Waals surface area (Å²) in [5.41, 5.74) is 10.2. The number of anilines is 3. The van der Waals surface area contributed by atoms with Gasteiger partial charge in [0.1, 0.15) is 17.9 Å². The van der Waals surface area contributed by atoms with Crippen molar-refractivity contribution in [1.29, 1.82) is 0 Å². The van der Waals surface area contributed by atoms with Gasteiger partial charge in [0.2, 0.25) is 5.91 Å². The summed E-state index contributed by atoms with van der Waals surface area (Å²) >= 11 is 0. The molecule has 0 unspecified atom stereocenters. The van der Waals surface area contributed by atoms with Crippen LogP contribution in [0, 0.1) is 0 Å². The number of aromatic amines is 1. The zero-order valence-electron chi connectivity index (χ0n) is 17.8. The normalized spacial score (nSPS) is 14.0. The van der Waals surface area contributed by atoms with E-state index in [0.29, 0.717) is 0 Å². The second kappa shape index (κ2) is 8.22. The average Bonchev–Trinajstić information content (AvgIpc) is 3.26. The van der Waals surface area contributed by atoms with E-state index in [-0.39, 0.29) is 5.91 Å². The quantitative estimate of drug-likeness (QED) is 0.416. The van der Waals surface area contributed by atoms with Crippen LogP contribution in [-0.4, -0.2) is 41.1 Å². The number of hydrogen-bond acceptors (Lipinski definition) is 6. The van der Waals surface area contributed by atoms with E-state index < -0.39 is 0 Å². The molecule has 2 aromatic carbocycles. The first kappa shape index (κ1) is 19.9. The summed E-state index contributed by atoms with van der Waals surface area (Å²) in [5.74, 6) is 1.11. The first-order chi connectivity index (χ1) is 15.6. The number of fused-ring (bicyclic) bond motifs is 2. The molecule has 5 rings (SSSR count). The van der Waals surface area contributed by atoms with Crippen molar-refractivity contribution in [2.75, 3.05) is 30.4 Å². The number of nitrogens with zero attached hydrogens (tertiary/aromatic N) is 3. The molecule has 3 heterocycles. The van der Waals surface area contributed by atoms with Crippen molar-refractivity contribution >= 4 is 44.9 Å². The first-order valence-electron chi connectivity index (χ1n) is 10.5. The van der Waals surface area contributed by atoms with Crippen molar-refractivity contribution in [1.82, 2.24) is 15.0 Å². The lowest BCUT2D eigenvalue weighted by molar-refractivity contribution is -0.113. The van der Waals surface area contributed by atoms with Gasteiger partial charge in [0.25, 0.3) is 0 Å². The summed E-state index contributed by atoms with van der Waals surface area (Å²) < 4.78 is 5.68. The van der Waals surface area contributed by atoms with E-state index in [1.165, 1.54) is 0 Å². The number of H-pyrrole nitrogens is 1. The maximum Gasteiger partial charge on any atom is 0.241 e. The standard InChI is InChI=1S/C24H24N6O2/c1-32-22-13-20-18(12-21(22)30-8-5-15(6-9-30)10-23(25)31)24(28-14-27-20)29-17-2-3-19-16(11-17)4-7-26-19/h2-4,7,10-14,26H,5-6,8-9H2,1H3,(H2,25,31)(H,27,28,29). The van der Waals surface area contributed by atoms with Crippen LogP contribution in [0.5, 0.6) is 5.75 Å². The Morgan fingerprint density at radius 1 is 1.19 bits per heavy atom. The Balaban J connectivity index is 1.49. The molecule has 0 bridgehead atoms. The van der Waals surface area contributed by atoms with Crippen LogP contribution < -0.4 is 20.7 Å². The summed E-state index contributed by atoms with van der Waals surface area (Å²) in [6.07, 6.45) is 6.61. The number of carbonyl (C=O) groups excluding carboxylic acids is 1. The topological polar surface area (TPSA) is 109 Å². The Hall–Kier alpha value is -4.07. The molecular weight excluding hydrogens is 404 g/mol. The minimum absolute atomic E-state index is 0.387. The van der Waals surface area contributed by atoms with Gasteiger partial charge in [-0.05, 0) is 43.2 Å². The van der Waals surface area contributed by atoms with Crippen LogP contribution in [0.15, 0.2) is 60.6 Å². The van der Waals surface area contributed by atoms with Gasteiger partial charge in [-0.15, -0.1) is 0 Å². The molecule has 4 N–H and O–H groups in total. The summed E-state index contributed by atoms with van der Waals surface area (Å²) in [7, 11) is 1.67. The van der Waals surface area contributed by atoms with E-state index in [2.05, 4.69) is 37.3 Å². The largest absolute Gasteiger partial charge is 0.495 e. The molecule has 1 saturated heterocycles. The molecule has 0 radical (unpaired) electrons. The molecule has 4 aromatic rings. The number of piperidine rings is 1.